The summed E-state index contributed by atoms with van der Waals surface area (Å²) in [4.78, 5) is 16.1. The van der Waals surface area contributed by atoms with Crippen molar-refractivity contribution in [3.63, 3.8) is 0 Å². The number of hydrogen-bond donors (Lipinski definition) is 0. The molecule has 1 aliphatic rings. The second-order valence-electron chi connectivity index (χ2n) is 4.13. The molecule has 1 aliphatic carbocycles. The number of carbonyl (C=O) groups excluding carboxylic acids is 1. The molecule has 88 valence electrons. The van der Waals surface area contributed by atoms with Gasteiger partial charge in [-0.3, -0.25) is 4.99 Å². The van der Waals surface area contributed by atoms with Crippen LogP contribution in [0.1, 0.15) is 12.0 Å². The van der Waals surface area contributed by atoms with Crippen molar-refractivity contribution < 1.29 is 9.53 Å². The fourth-order valence-corrected chi connectivity index (χ4v) is 1.90. The predicted molar refractivity (Wildman–Crippen MR) is 67.1 cm³/mol. The summed E-state index contributed by atoms with van der Waals surface area (Å²) in [6.07, 6.45) is 4.17. The molecule has 1 aromatic rings. The molecule has 1 saturated carbocycles. The van der Waals surface area contributed by atoms with Gasteiger partial charge in [-0.2, -0.15) is 0 Å². The third kappa shape index (κ3) is 2.13. The van der Waals surface area contributed by atoms with Crippen molar-refractivity contribution in [3.05, 3.63) is 48.6 Å². The molecule has 1 aromatic carbocycles. The highest BCUT2D eigenvalue weighted by Crippen LogP contribution is 2.48. The van der Waals surface area contributed by atoms with Gasteiger partial charge in [-0.25, -0.2) is 4.79 Å². The predicted octanol–water partition coefficient (Wildman–Crippen LogP) is 2.22. The number of aliphatic imine (C=N–C) groups is 1. The first-order valence-corrected chi connectivity index (χ1v) is 5.54. The Hall–Kier alpha value is -1.90. The third-order valence-corrected chi connectivity index (χ3v) is 3.05. The molecular weight excluding hydrogens is 214 g/mol. The lowest BCUT2D eigenvalue weighted by Gasteiger charge is -2.08. The molecule has 3 heteroatoms. The normalized spacial score (nSPS) is 26.8. The van der Waals surface area contributed by atoms with Gasteiger partial charge in [0.2, 0.25) is 0 Å². The van der Waals surface area contributed by atoms with Crippen LogP contribution in [-0.2, 0) is 9.53 Å². The minimum atomic E-state index is -0.730. The van der Waals surface area contributed by atoms with Crippen molar-refractivity contribution in [2.24, 2.45) is 10.9 Å². The van der Waals surface area contributed by atoms with Gasteiger partial charge in [0, 0.05) is 12.1 Å². The lowest BCUT2D eigenvalue weighted by Crippen LogP contribution is -2.24. The van der Waals surface area contributed by atoms with E-state index in [1.54, 1.807) is 12.3 Å². The van der Waals surface area contributed by atoms with Gasteiger partial charge in [0.05, 0.1) is 7.11 Å². The molecule has 2 atom stereocenters. The minimum Gasteiger partial charge on any atom is -0.467 e. The Morgan fingerprint density at radius 1 is 1.53 bits per heavy atom. The van der Waals surface area contributed by atoms with Crippen molar-refractivity contribution in [3.8, 4) is 0 Å². The number of esters is 1. The van der Waals surface area contributed by atoms with E-state index in [-0.39, 0.29) is 11.9 Å². The number of benzene rings is 1. The van der Waals surface area contributed by atoms with Crippen molar-refractivity contribution in [2.45, 2.75) is 12.0 Å². The van der Waals surface area contributed by atoms with E-state index in [4.69, 9.17) is 4.74 Å². The highest BCUT2D eigenvalue weighted by molar-refractivity contribution is 5.90. The fourth-order valence-electron chi connectivity index (χ4n) is 1.90. The summed E-state index contributed by atoms with van der Waals surface area (Å²) >= 11 is 0. The molecule has 0 N–H and O–H groups in total. The number of methoxy groups -OCH3 is 1. The van der Waals surface area contributed by atoms with E-state index in [9.17, 15) is 4.79 Å². The Bertz CT molecular complexity index is 453. The Balaban J connectivity index is 2.18. The van der Waals surface area contributed by atoms with Crippen LogP contribution in [0.3, 0.4) is 0 Å². The zero-order valence-electron chi connectivity index (χ0n) is 9.80. The molecule has 0 spiro atoms. The van der Waals surface area contributed by atoms with Crippen molar-refractivity contribution >= 4 is 12.2 Å². The van der Waals surface area contributed by atoms with Gasteiger partial charge in [0.25, 0.3) is 0 Å². The van der Waals surface area contributed by atoms with E-state index >= 15 is 0 Å². The van der Waals surface area contributed by atoms with Crippen LogP contribution in [0, 0.1) is 5.92 Å². The summed E-state index contributed by atoms with van der Waals surface area (Å²) < 4.78 is 4.80. The molecule has 17 heavy (non-hydrogen) atoms. The maximum atomic E-state index is 11.7. The number of ether oxygens (including phenoxy) is 1. The standard InChI is InChI=1S/C14H15NO2/c1-3-12-9-14(12,13(16)17-2)15-10-11-7-5-4-6-8-11/h3-8,10,12H,1,9H2,2H3/t12-,14-/m0/s1. The topological polar surface area (TPSA) is 38.7 Å². The Morgan fingerprint density at radius 2 is 2.24 bits per heavy atom. The first-order chi connectivity index (χ1) is 8.23. The second kappa shape index (κ2) is 4.53. The van der Waals surface area contributed by atoms with Gasteiger partial charge in [-0.1, -0.05) is 36.4 Å². The third-order valence-electron chi connectivity index (χ3n) is 3.05. The molecule has 2 rings (SSSR count). The van der Waals surface area contributed by atoms with Crippen LogP contribution < -0.4 is 0 Å². The van der Waals surface area contributed by atoms with E-state index in [0.717, 1.165) is 5.56 Å². The summed E-state index contributed by atoms with van der Waals surface area (Å²) in [5.74, 6) is -0.190. The quantitative estimate of drug-likeness (QED) is 0.451. The SMILES string of the molecule is C=C[C@H]1C[C@@]1(N=Cc1ccccc1)C(=O)OC. The van der Waals surface area contributed by atoms with Crippen molar-refractivity contribution in [1.82, 2.24) is 0 Å². The second-order valence-corrected chi connectivity index (χ2v) is 4.13. The number of hydrogen-bond acceptors (Lipinski definition) is 3. The molecule has 0 radical (unpaired) electrons. The van der Waals surface area contributed by atoms with Gasteiger partial charge >= 0.3 is 5.97 Å². The highest BCUT2D eigenvalue weighted by Gasteiger charge is 2.59. The average Bonchev–Trinajstić information content (AvgIpc) is 3.12. The molecular formula is C14H15NO2. The fraction of sp³-hybridized carbons (Fsp3) is 0.286. The maximum absolute atomic E-state index is 11.7. The number of carbonyl (C=O) groups is 1. The average molecular weight is 229 g/mol. The maximum Gasteiger partial charge on any atom is 0.334 e. The van der Waals surface area contributed by atoms with E-state index < -0.39 is 5.54 Å². The molecule has 0 aliphatic heterocycles. The Morgan fingerprint density at radius 3 is 2.76 bits per heavy atom. The first kappa shape index (κ1) is 11.6. The Kier molecular flexibility index (Phi) is 3.09. The molecule has 0 saturated heterocycles. The van der Waals surface area contributed by atoms with Crippen molar-refractivity contribution in [2.75, 3.05) is 7.11 Å². The molecule has 0 bridgehead atoms. The summed E-state index contributed by atoms with van der Waals surface area (Å²) in [5, 5.41) is 0. The van der Waals surface area contributed by atoms with Crippen molar-refractivity contribution in [1.29, 1.82) is 0 Å². The van der Waals surface area contributed by atoms with Crippen LogP contribution in [0.15, 0.2) is 48.0 Å². The zero-order chi connectivity index (χ0) is 12.3. The summed E-state index contributed by atoms with van der Waals surface area (Å²) in [7, 11) is 1.39. The monoisotopic (exact) mass is 229 g/mol. The van der Waals surface area contributed by atoms with E-state index in [1.165, 1.54) is 7.11 Å². The van der Waals surface area contributed by atoms with Crippen LogP contribution >= 0.6 is 0 Å². The summed E-state index contributed by atoms with van der Waals surface area (Å²) in [5.41, 5.74) is 0.247. The summed E-state index contributed by atoms with van der Waals surface area (Å²) in [6.45, 7) is 3.71. The Labute approximate surface area is 101 Å². The van der Waals surface area contributed by atoms with Crippen LogP contribution in [-0.4, -0.2) is 24.8 Å². The molecule has 0 aromatic heterocycles. The number of rotatable bonds is 4. The molecule has 0 unspecified atom stereocenters. The van der Waals surface area contributed by atoms with Gasteiger partial charge in [0.1, 0.15) is 0 Å². The minimum absolute atomic E-state index is 0.0925. The number of nitrogens with zero attached hydrogens (tertiary/aromatic N) is 1. The van der Waals surface area contributed by atoms with Gasteiger partial charge in [-0.05, 0) is 12.0 Å². The van der Waals surface area contributed by atoms with E-state index in [2.05, 4.69) is 11.6 Å². The van der Waals surface area contributed by atoms with Crippen LogP contribution in [0.2, 0.25) is 0 Å². The lowest BCUT2D eigenvalue weighted by atomic mass is 10.2. The van der Waals surface area contributed by atoms with Gasteiger partial charge in [-0.15, -0.1) is 6.58 Å². The lowest BCUT2D eigenvalue weighted by molar-refractivity contribution is -0.143. The van der Waals surface area contributed by atoms with E-state index in [1.807, 2.05) is 30.3 Å². The van der Waals surface area contributed by atoms with Gasteiger partial charge < -0.3 is 4.74 Å². The molecule has 0 amide bonds. The largest absolute Gasteiger partial charge is 0.467 e. The zero-order valence-corrected chi connectivity index (χ0v) is 9.80. The molecule has 1 fully saturated rings. The van der Waals surface area contributed by atoms with E-state index in [0.29, 0.717) is 6.42 Å². The summed E-state index contributed by atoms with van der Waals surface area (Å²) in [6, 6.07) is 9.70. The highest BCUT2D eigenvalue weighted by atomic mass is 16.5. The van der Waals surface area contributed by atoms with Crippen LogP contribution in [0.5, 0.6) is 0 Å². The van der Waals surface area contributed by atoms with Crippen LogP contribution in [0.25, 0.3) is 0 Å². The molecule has 3 nitrogen and oxygen atoms in total. The van der Waals surface area contributed by atoms with Crippen LogP contribution in [0.4, 0.5) is 0 Å². The molecule has 0 heterocycles. The first-order valence-electron chi connectivity index (χ1n) is 5.54. The smallest absolute Gasteiger partial charge is 0.334 e. The van der Waals surface area contributed by atoms with Gasteiger partial charge in [0.15, 0.2) is 5.54 Å².